The van der Waals surface area contributed by atoms with Gasteiger partial charge in [0, 0.05) is 6.42 Å². The molecule has 182 valence electrons. The predicted molar refractivity (Wildman–Crippen MR) is 119 cm³/mol. The van der Waals surface area contributed by atoms with Crippen LogP contribution in [0.3, 0.4) is 0 Å². The van der Waals surface area contributed by atoms with Crippen molar-refractivity contribution < 1.29 is 38.6 Å². The maximum atomic E-state index is 12.5. The molecule has 2 rings (SSSR count). The smallest absolute Gasteiger partial charge is 0.408 e. The topological polar surface area (TPSA) is 152 Å². The number of amides is 2. The van der Waals surface area contributed by atoms with Crippen molar-refractivity contribution in [2.75, 3.05) is 19.7 Å². The Morgan fingerprint density at radius 2 is 1.62 bits per heavy atom. The Kier molecular flexibility index (Phi) is 10.8. The van der Waals surface area contributed by atoms with Gasteiger partial charge >= 0.3 is 18.0 Å². The molecule has 2 aromatic carbocycles. The maximum absolute atomic E-state index is 12.5. The highest BCUT2D eigenvalue weighted by atomic mass is 16.7. The lowest BCUT2D eigenvalue weighted by Crippen LogP contribution is -2.46. The molecule has 0 aromatic heterocycles. The lowest BCUT2D eigenvalue weighted by molar-refractivity contribution is -0.154. The van der Waals surface area contributed by atoms with E-state index in [9.17, 15) is 24.3 Å². The third-order valence-corrected chi connectivity index (χ3v) is 4.31. The molecule has 0 aliphatic carbocycles. The summed E-state index contributed by atoms with van der Waals surface area (Å²) in [6.45, 7) is 1.09. The van der Waals surface area contributed by atoms with Crippen molar-refractivity contribution in [2.45, 2.75) is 26.0 Å². The third kappa shape index (κ3) is 10.0. The van der Waals surface area contributed by atoms with E-state index in [1.165, 1.54) is 12.1 Å². The van der Waals surface area contributed by atoms with Gasteiger partial charge in [-0.25, -0.2) is 9.59 Å². The number of carbonyl (C=O) groups is 4. The van der Waals surface area contributed by atoms with Crippen LogP contribution in [0.4, 0.5) is 4.79 Å². The summed E-state index contributed by atoms with van der Waals surface area (Å²) in [5.74, 6) is -2.03. The van der Waals surface area contributed by atoms with Crippen molar-refractivity contribution in [1.82, 2.24) is 16.1 Å². The van der Waals surface area contributed by atoms with E-state index in [2.05, 4.69) is 20.9 Å². The van der Waals surface area contributed by atoms with Crippen LogP contribution in [0.1, 0.15) is 18.1 Å². The Balaban J connectivity index is 1.89. The average molecular weight is 473 g/mol. The Morgan fingerprint density at radius 1 is 0.912 bits per heavy atom. The van der Waals surface area contributed by atoms with E-state index in [1.54, 1.807) is 43.3 Å². The van der Waals surface area contributed by atoms with Crippen LogP contribution in [0, 0.1) is 0 Å². The number of aromatic hydroxyl groups is 1. The van der Waals surface area contributed by atoms with Gasteiger partial charge < -0.3 is 30.1 Å². The Labute approximate surface area is 196 Å². The molecule has 0 fully saturated rings. The van der Waals surface area contributed by atoms with Gasteiger partial charge in [0.15, 0.2) is 0 Å². The van der Waals surface area contributed by atoms with E-state index >= 15 is 0 Å². The molecule has 1 atom stereocenters. The fourth-order valence-corrected chi connectivity index (χ4v) is 2.66. The van der Waals surface area contributed by atoms with Gasteiger partial charge in [0.1, 0.15) is 31.5 Å². The van der Waals surface area contributed by atoms with Crippen molar-refractivity contribution in [3.63, 3.8) is 0 Å². The molecule has 4 N–H and O–H groups in total. The molecule has 0 aliphatic rings. The molecule has 0 bridgehead atoms. The number of hydroxylamine groups is 1. The van der Waals surface area contributed by atoms with E-state index in [-0.39, 0.29) is 31.9 Å². The molecule has 2 aromatic rings. The Morgan fingerprint density at radius 3 is 2.29 bits per heavy atom. The van der Waals surface area contributed by atoms with Crippen LogP contribution in [0.2, 0.25) is 0 Å². The van der Waals surface area contributed by atoms with Gasteiger partial charge in [-0.1, -0.05) is 42.5 Å². The summed E-state index contributed by atoms with van der Waals surface area (Å²) in [6.07, 6.45) is -0.798. The van der Waals surface area contributed by atoms with Crippen LogP contribution in [0.25, 0.3) is 0 Å². The molecule has 34 heavy (non-hydrogen) atoms. The van der Waals surface area contributed by atoms with Crippen molar-refractivity contribution in [3.8, 4) is 5.75 Å². The van der Waals surface area contributed by atoms with Crippen LogP contribution in [-0.2, 0) is 41.7 Å². The zero-order chi connectivity index (χ0) is 24.8. The van der Waals surface area contributed by atoms with Crippen molar-refractivity contribution in [3.05, 3.63) is 65.7 Å². The average Bonchev–Trinajstić information content (AvgIpc) is 2.83. The molecule has 0 spiro atoms. The zero-order valence-corrected chi connectivity index (χ0v) is 18.6. The first-order chi connectivity index (χ1) is 16.4. The number of phenolic OH excluding ortho intramolecular Hbond substituents is 1. The van der Waals surface area contributed by atoms with Crippen molar-refractivity contribution >= 4 is 23.9 Å². The van der Waals surface area contributed by atoms with Gasteiger partial charge in [0.2, 0.25) is 5.91 Å². The molecule has 11 heteroatoms. The molecule has 11 nitrogen and oxygen atoms in total. The number of hydrogen-bond acceptors (Lipinski definition) is 9. The molecular formula is C23H27N3O8. The molecule has 0 heterocycles. The Hall–Kier alpha value is -4.12. The summed E-state index contributed by atoms with van der Waals surface area (Å²) < 4.78 is 9.84. The summed E-state index contributed by atoms with van der Waals surface area (Å²) in [7, 11) is 0. The number of rotatable bonds is 12. The normalized spacial score (nSPS) is 11.1. The van der Waals surface area contributed by atoms with Crippen molar-refractivity contribution in [2.24, 2.45) is 0 Å². The summed E-state index contributed by atoms with van der Waals surface area (Å²) in [5, 5.41) is 14.2. The molecule has 0 saturated heterocycles. The number of hydrogen-bond donors (Lipinski definition) is 4. The van der Waals surface area contributed by atoms with E-state index < -0.39 is 36.5 Å². The second kappa shape index (κ2) is 14.1. The molecule has 0 radical (unpaired) electrons. The minimum Gasteiger partial charge on any atom is -0.508 e. The molecule has 2 amide bonds. The number of phenols is 1. The highest BCUT2D eigenvalue weighted by Crippen LogP contribution is 2.12. The fourth-order valence-electron chi connectivity index (χ4n) is 2.66. The van der Waals surface area contributed by atoms with Gasteiger partial charge in [-0.05, 0) is 30.2 Å². The van der Waals surface area contributed by atoms with Crippen LogP contribution < -0.4 is 16.1 Å². The van der Waals surface area contributed by atoms with E-state index in [1.807, 2.05) is 6.07 Å². The summed E-state index contributed by atoms with van der Waals surface area (Å²) in [4.78, 5) is 52.7. The monoisotopic (exact) mass is 473 g/mol. The van der Waals surface area contributed by atoms with Gasteiger partial charge in [-0.15, -0.1) is 5.48 Å². The van der Waals surface area contributed by atoms with Crippen molar-refractivity contribution in [1.29, 1.82) is 0 Å². The first kappa shape index (κ1) is 26.1. The Bertz CT molecular complexity index is 950. The second-order valence-corrected chi connectivity index (χ2v) is 6.95. The molecular weight excluding hydrogens is 446 g/mol. The number of carbonyl (C=O) groups excluding carboxylic acids is 4. The highest BCUT2D eigenvalue weighted by Gasteiger charge is 2.24. The first-order valence-corrected chi connectivity index (χ1v) is 10.5. The zero-order valence-electron chi connectivity index (χ0n) is 18.6. The molecule has 0 aliphatic heterocycles. The quantitative estimate of drug-likeness (QED) is 0.201. The maximum Gasteiger partial charge on any atom is 0.408 e. The summed E-state index contributed by atoms with van der Waals surface area (Å²) in [6, 6.07) is 13.9. The largest absolute Gasteiger partial charge is 0.508 e. The predicted octanol–water partition coefficient (Wildman–Crippen LogP) is 0.957. The number of benzene rings is 2. The van der Waals surface area contributed by atoms with Crippen LogP contribution in [0.5, 0.6) is 5.75 Å². The molecule has 0 saturated carbocycles. The van der Waals surface area contributed by atoms with Crippen LogP contribution in [0.15, 0.2) is 54.6 Å². The van der Waals surface area contributed by atoms with Gasteiger partial charge in [0.25, 0.3) is 0 Å². The summed E-state index contributed by atoms with van der Waals surface area (Å²) >= 11 is 0. The molecule has 0 unspecified atom stereocenters. The standard InChI is InChI=1S/C23H27N3O8/c1-2-32-21(29)14-24-20(28)13-25-34-22(30)19(12-16-8-10-18(27)11-9-16)26-23(31)33-15-17-6-4-3-5-7-17/h3-11,19,25,27H,2,12-15H2,1H3,(H,24,28)(H,26,31)/t19-/m0/s1. The number of nitrogens with one attached hydrogen (secondary N) is 3. The van der Waals surface area contributed by atoms with Gasteiger partial charge in [-0.3, -0.25) is 9.59 Å². The lowest BCUT2D eigenvalue weighted by Gasteiger charge is -2.18. The third-order valence-electron chi connectivity index (χ3n) is 4.31. The van der Waals surface area contributed by atoms with E-state index in [0.717, 1.165) is 5.56 Å². The number of alkyl carbamates (subject to hydrolysis) is 1. The van der Waals surface area contributed by atoms with E-state index in [0.29, 0.717) is 5.56 Å². The first-order valence-electron chi connectivity index (χ1n) is 10.5. The minimum atomic E-state index is -1.15. The van der Waals surface area contributed by atoms with E-state index in [4.69, 9.17) is 9.57 Å². The second-order valence-electron chi connectivity index (χ2n) is 6.95. The van der Waals surface area contributed by atoms with Gasteiger partial charge in [-0.2, -0.15) is 0 Å². The minimum absolute atomic E-state index is 0.00649. The lowest BCUT2D eigenvalue weighted by atomic mass is 10.1. The fraction of sp³-hybridized carbons (Fsp3) is 0.304. The summed E-state index contributed by atoms with van der Waals surface area (Å²) in [5.41, 5.74) is 3.61. The number of ether oxygens (including phenoxy) is 2. The van der Waals surface area contributed by atoms with Crippen LogP contribution in [-0.4, -0.2) is 54.8 Å². The van der Waals surface area contributed by atoms with Gasteiger partial charge in [0.05, 0.1) is 6.61 Å². The SMILES string of the molecule is CCOC(=O)CNC(=O)CNOC(=O)[C@H](Cc1ccc(O)cc1)NC(=O)OCc1ccccc1. The van der Waals surface area contributed by atoms with Crippen LogP contribution >= 0.6 is 0 Å². The number of esters is 1. The highest BCUT2D eigenvalue weighted by molar-refractivity contribution is 5.84.